The van der Waals surface area contributed by atoms with E-state index in [0.717, 1.165) is 13.0 Å². The van der Waals surface area contributed by atoms with Gasteiger partial charge in [-0.1, -0.05) is 27.7 Å². The van der Waals surface area contributed by atoms with E-state index in [2.05, 4.69) is 38.7 Å². The van der Waals surface area contributed by atoms with Crippen LogP contribution in [0.25, 0.3) is 0 Å². The molecule has 5 heteroatoms. The van der Waals surface area contributed by atoms with Crippen LogP contribution in [0, 0.1) is 11.3 Å². The molecule has 2 amide bonds. The van der Waals surface area contributed by atoms with Crippen molar-refractivity contribution in [2.24, 2.45) is 11.3 Å². The second-order valence-corrected chi connectivity index (χ2v) is 7.12. The molecular weight excluding hydrogens is 272 g/mol. The average molecular weight is 300 g/mol. The molecule has 1 N–H and O–H groups in total. The van der Waals surface area contributed by atoms with Crippen molar-refractivity contribution in [3.63, 3.8) is 0 Å². The molecule has 0 aromatic rings. The summed E-state index contributed by atoms with van der Waals surface area (Å²) in [6, 6.07) is -0.243. The molecule has 0 saturated carbocycles. The zero-order chi connectivity index (χ0) is 15.5. The van der Waals surface area contributed by atoms with E-state index in [1.165, 1.54) is 0 Å². The lowest BCUT2D eigenvalue weighted by Gasteiger charge is -2.32. The fraction of sp³-hybridized carbons (Fsp3) is 0.867. The third-order valence-corrected chi connectivity index (χ3v) is 4.69. The zero-order valence-electron chi connectivity index (χ0n) is 13.3. The number of rotatable bonds is 5. The van der Waals surface area contributed by atoms with E-state index < -0.39 is 6.04 Å². The van der Waals surface area contributed by atoms with Gasteiger partial charge < -0.3 is 10.2 Å². The molecule has 2 unspecified atom stereocenters. The highest BCUT2D eigenvalue weighted by Gasteiger charge is 2.41. The molecule has 2 atom stereocenters. The Bertz CT molecular complexity index is 369. The third kappa shape index (κ3) is 3.90. The summed E-state index contributed by atoms with van der Waals surface area (Å²) >= 11 is 4.21. The first-order valence-corrected chi connectivity index (χ1v) is 8.05. The van der Waals surface area contributed by atoms with Crippen molar-refractivity contribution in [2.75, 3.05) is 12.3 Å². The van der Waals surface area contributed by atoms with Gasteiger partial charge in [-0.05, 0) is 30.9 Å². The first kappa shape index (κ1) is 17.3. The first-order chi connectivity index (χ1) is 9.20. The van der Waals surface area contributed by atoms with Crippen LogP contribution >= 0.6 is 12.6 Å². The fourth-order valence-corrected chi connectivity index (χ4v) is 2.72. The topological polar surface area (TPSA) is 49.4 Å². The second-order valence-electron chi connectivity index (χ2n) is 6.67. The maximum atomic E-state index is 12.7. The van der Waals surface area contributed by atoms with Gasteiger partial charge >= 0.3 is 0 Å². The van der Waals surface area contributed by atoms with Crippen LogP contribution in [0.15, 0.2) is 0 Å². The predicted molar refractivity (Wildman–Crippen MR) is 84.8 cm³/mol. The number of likely N-dealkylation sites (tertiary alicyclic amines) is 1. The number of amides is 2. The quantitative estimate of drug-likeness (QED) is 0.764. The Morgan fingerprint density at radius 2 is 2.00 bits per heavy atom. The lowest BCUT2D eigenvalue weighted by Crippen LogP contribution is -2.51. The lowest BCUT2D eigenvalue weighted by atomic mass is 9.86. The van der Waals surface area contributed by atoms with Crippen molar-refractivity contribution in [2.45, 2.75) is 59.5 Å². The Labute approximate surface area is 128 Å². The standard InChI is InChI=1S/C15H28N2O2S/c1-10(2)13(18)16-12(6-9-20)14(19)17-8-7-15(4,5)11(17)3/h10-12,20H,6-9H2,1-5H3,(H,16,18). The molecule has 4 nitrogen and oxygen atoms in total. The summed E-state index contributed by atoms with van der Waals surface area (Å²) in [5.41, 5.74) is 0.142. The van der Waals surface area contributed by atoms with E-state index in [4.69, 9.17) is 0 Å². The maximum absolute atomic E-state index is 12.7. The van der Waals surface area contributed by atoms with Crippen LogP contribution in [0.5, 0.6) is 0 Å². The highest BCUT2D eigenvalue weighted by molar-refractivity contribution is 7.80. The fourth-order valence-electron chi connectivity index (χ4n) is 2.46. The Kier molecular flexibility index (Phi) is 5.92. The Morgan fingerprint density at radius 1 is 1.40 bits per heavy atom. The van der Waals surface area contributed by atoms with Crippen LogP contribution in [-0.4, -0.2) is 41.1 Å². The van der Waals surface area contributed by atoms with Crippen molar-refractivity contribution in [1.82, 2.24) is 10.2 Å². The van der Waals surface area contributed by atoms with E-state index in [-0.39, 0.29) is 29.2 Å². The largest absolute Gasteiger partial charge is 0.344 e. The van der Waals surface area contributed by atoms with Gasteiger partial charge in [-0.3, -0.25) is 9.59 Å². The molecule has 1 fully saturated rings. The molecule has 20 heavy (non-hydrogen) atoms. The summed E-state index contributed by atoms with van der Waals surface area (Å²) in [4.78, 5) is 26.4. The Balaban J connectivity index is 2.77. The van der Waals surface area contributed by atoms with E-state index in [0.29, 0.717) is 12.2 Å². The van der Waals surface area contributed by atoms with Gasteiger partial charge in [0.15, 0.2) is 0 Å². The minimum Gasteiger partial charge on any atom is -0.344 e. The summed E-state index contributed by atoms with van der Waals surface area (Å²) in [6.45, 7) is 10.9. The molecule has 0 aliphatic carbocycles. The summed E-state index contributed by atoms with van der Waals surface area (Å²) in [6.07, 6.45) is 1.58. The zero-order valence-corrected chi connectivity index (χ0v) is 14.2. The molecule has 0 aromatic heterocycles. The number of carbonyl (C=O) groups excluding carboxylic acids is 2. The number of hydrogen-bond donors (Lipinski definition) is 2. The summed E-state index contributed by atoms with van der Waals surface area (Å²) in [5, 5.41) is 2.86. The van der Waals surface area contributed by atoms with Crippen molar-refractivity contribution in [3.05, 3.63) is 0 Å². The number of carbonyl (C=O) groups is 2. The Morgan fingerprint density at radius 3 is 2.40 bits per heavy atom. The predicted octanol–water partition coefficient (Wildman–Crippen LogP) is 2.09. The van der Waals surface area contributed by atoms with E-state index in [1.54, 1.807) is 0 Å². The van der Waals surface area contributed by atoms with Crippen LogP contribution in [0.4, 0.5) is 0 Å². The van der Waals surface area contributed by atoms with Crippen LogP contribution in [0.1, 0.15) is 47.5 Å². The molecule has 0 aromatic carbocycles. The first-order valence-electron chi connectivity index (χ1n) is 7.42. The lowest BCUT2D eigenvalue weighted by molar-refractivity contribution is -0.138. The SMILES string of the molecule is CC(C)C(=O)NC(CCS)C(=O)N1CCC(C)(C)C1C. The molecule has 1 saturated heterocycles. The van der Waals surface area contributed by atoms with Crippen LogP contribution in [0.3, 0.4) is 0 Å². The summed E-state index contributed by atoms with van der Waals surface area (Å²) in [7, 11) is 0. The normalized spacial score (nSPS) is 22.9. The van der Waals surface area contributed by atoms with Crippen molar-refractivity contribution in [3.8, 4) is 0 Å². The van der Waals surface area contributed by atoms with Gasteiger partial charge in [0.1, 0.15) is 6.04 Å². The van der Waals surface area contributed by atoms with Crippen LogP contribution < -0.4 is 5.32 Å². The highest BCUT2D eigenvalue weighted by Crippen LogP contribution is 2.36. The van der Waals surface area contributed by atoms with Crippen molar-refractivity contribution in [1.29, 1.82) is 0 Å². The molecule has 1 aliphatic rings. The number of nitrogens with one attached hydrogen (secondary N) is 1. The van der Waals surface area contributed by atoms with E-state index in [1.807, 2.05) is 18.7 Å². The molecule has 1 aliphatic heterocycles. The molecular formula is C15H28N2O2S. The van der Waals surface area contributed by atoms with Gasteiger partial charge in [0, 0.05) is 18.5 Å². The van der Waals surface area contributed by atoms with E-state index in [9.17, 15) is 9.59 Å². The molecule has 0 radical (unpaired) electrons. The van der Waals surface area contributed by atoms with Crippen LogP contribution in [-0.2, 0) is 9.59 Å². The van der Waals surface area contributed by atoms with E-state index >= 15 is 0 Å². The van der Waals surface area contributed by atoms with Crippen LogP contribution in [0.2, 0.25) is 0 Å². The van der Waals surface area contributed by atoms with Crippen molar-refractivity contribution < 1.29 is 9.59 Å². The van der Waals surface area contributed by atoms with Gasteiger partial charge in [-0.15, -0.1) is 0 Å². The molecule has 116 valence electrons. The third-order valence-electron chi connectivity index (χ3n) is 4.44. The minimum absolute atomic E-state index is 0.0334. The molecule has 0 bridgehead atoms. The van der Waals surface area contributed by atoms with Gasteiger partial charge in [-0.25, -0.2) is 0 Å². The minimum atomic E-state index is -0.446. The molecule has 1 rings (SSSR count). The molecule has 1 heterocycles. The van der Waals surface area contributed by atoms with Gasteiger partial charge in [0.2, 0.25) is 11.8 Å². The van der Waals surface area contributed by atoms with Crippen molar-refractivity contribution >= 4 is 24.4 Å². The van der Waals surface area contributed by atoms with Gasteiger partial charge in [0.25, 0.3) is 0 Å². The summed E-state index contributed by atoms with van der Waals surface area (Å²) < 4.78 is 0. The number of thiol groups is 1. The second kappa shape index (κ2) is 6.83. The van der Waals surface area contributed by atoms with Gasteiger partial charge in [0.05, 0.1) is 0 Å². The number of hydrogen-bond acceptors (Lipinski definition) is 3. The summed E-state index contributed by atoms with van der Waals surface area (Å²) in [5.74, 6) is 0.431. The average Bonchev–Trinajstić information content (AvgIpc) is 2.63. The Hall–Kier alpha value is -0.710. The smallest absolute Gasteiger partial charge is 0.245 e. The number of nitrogens with zero attached hydrogens (tertiary/aromatic N) is 1. The van der Waals surface area contributed by atoms with Gasteiger partial charge in [-0.2, -0.15) is 12.6 Å². The highest BCUT2D eigenvalue weighted by atomic mass is 32.1. The maximum Gasteiger partial charge on any atom is 0.245 e. The monoisotopic (exact) mass is 300 g/mol. The molecule has 0 spiro atoms.